The zero-order valence-corrected chi connectivity index (χ0v) is 23.9. The normalized spacial score (nSPS) is 14.4. The van der Waals surface area contributed by atoms with E-state index in [1.807, 2.05) is 56.3 Å². The Bertz CT molecular complexity index is 1530. The number of anilines is 1. The van der Waals surface area contributed by atoms with Gasteiger partial charge >= 0.3 is 6.55 Å². The van der Waals surface area contributed by atoms with Gasteiger partial charge in [0, 0.05) is 42.3 Å². The van der Waals surface area contributed by atoms with Crippen molar-refractivity contribution >= 4 is 11.4 Å². The Morgan fingerprint density at radius 1 is 1.07 bits per heavy atom. The van der Waals surface area contributed by atoms with Gasteiger partial charge in [0.25, 0.3) is 0 Å². The number of halogens is 2. The van der Waals surface area contributed by atoms with Gasteiger partial charge in [-0.1, -0.05) is 26.0 Å². The van der Waals surface area contributed by atoms with E-state index in [-0.39, 0.29) is 12.0 Å². The molecule has 0 spiro atoms. The maximum Gasteiger partial charge on any atom is 0.333 e. The number of alkyl halides is 2. The Morgan fingerprint density at radius 2 is 1.83 bits per heavy atom. The summed E-state index contributed by atoms with van der Waals surface area (Å²) < 4.78 is 38.7. The lowest BCUT2D eigenvalue weighted by atomic mass is 9.93. The van der Waals surface area contributed by atoms with Gasteiger partial charge in [-0.25, -0.2) is 14.6 Å². The number of hydrogen-bond acceptors (Lipinski definition) is 7. The molecule has 5 rings (SSSR count). The first-order valence-corrected chi connectivity index (χ1v) is 13.7. The Hall–Kier alpha value is -4.34. The number of pyridine rings is 2. The number of ether oxygens (including phenoxy) is 2. The SMILES string of the molecule is CCOc1ncccc1-c1cc(N(Cc2ccc(OC)cc2)Cc2cnn(C(F)F)c2)c2c(n1)C(C)=NC2C(C)C. The van der Waals surface area contributed by atoms with Crippen LogP contribution < -0.4 is 14.4 Å². The van der Waals surface area contributed by atoms with Crippen molar-refractivity contribution in [1.29, 1.82) is 0 Å². The molecule has 4 heterocycles. The average Bonchev–Trinajstić information content (AvgIpc) is 3.58. The van der Waals surface area contributed by atoms with Crippen molar-refractivity contribution in [1.82, 2.24) is 19.7 Å². The number of aliphatic imine (C=N–C) groups is 1. The molecule has 1 atom stereocenters. The van der Waals surface area contributed by atoms with Crippen molar-refractivity contribution in [2.45, 2.75) is 53.4 Å². The van der Waals surface area contributed by atoms with Crippen molar-refractivity contribution in [2.24, 2.45) is 10.9 Å². The fourth-order valence-corrected chi connectivity index (χ4v) is 5.13. The van der Waals surface area contributed by atoms with Crippen LogP contribution in [0.15, 0.2) is 66.0 Å². The van der Waals surface area contributed by atoms with Crippen LogP contribution in [-0.2, 0) is 13.1 Å². The van der Waals surface area contributed by atoms with Crippen LogP contribution in [0.1, 0.15) is 62.7 Å². The van der Waals surface area contributed by atoms with Gasteiger partial charge < -0.3 is 14.4 Å². The van der Waals surface area contributed by atoms with Gasteiger partial charge in [0.15, 0.2) is 0 Å². The summed E-state index contributed by atoms with van der Waals surface area (Å²) in [6, 6.07) is 13.6. The molecule has 0 aliphatic carbocycles. The Morgan fingerprint density at radius 3 is 2.49 bits per heavy atom. The van der Waals surface area contributed by atoms with E-state index in [0.29, 0.717) is 41.5 Å². The first-order chi connectivity index (χ1) is 19.8. The zero-order chi connectivity index (χ0) is 29.1. The highest BCUT2D eigenvalue weighted by Gasteiger charge is 2.33. The average molecular weight is 561 g/mol. The minimum Gasteiger partial charge on any atom is -0.497 e. The van der Waals surface area contributed by atoms with E-state index in [1.54, 1.807) is 13.3 Å². The predicted molar refractivity (Wildman–Crippen MR) is 155 cm³/mol. The molecule has 41 heavy (non-hydrogen) atoms. The Balaban J connectivity index is 1.68. The predicted octanol–water partition coefficient (Wildman–Crippen LogP) is 6.87. The topological polar surface area (TPSA) is 77.7 Å². The van der Waals surface area contributed by atoms with Gasteiger partial charge in [0.1, 0.15) is 5.75 Å². The Kier molecular flexibility index (Phi) is 8.28. The van der Waals surface area contributed by atoms with E-state index in [4.69, 9.17) is 19.5 Å². The lowest BCUT2D eigenvalue weighted by molar-refractivity contribution is 0.0565. The molecule has 10 heteroatoms. The molecule has 1 unspecified atom stereocenters. The van der Waals surface area contributed by atoms with Gasteiger partial charge in [-0.2, -0.15) is 13.9 Å². The maximum atomic E-state index is 13.4. The van der Waals surface area contributed by atoms with E-state index in [2.05, 4.69) is 28.8 Å². The summed E-state index contributed by atoms with van der Waals surface area (Å²) in [5, 5.41) is 3.88. The number of methoxy groups -OCH3 is 1. The van der Waals surface area contributed by atoms with Crippen molar-refractivity contribution < 1.29 is 18.3 Å². The summed E-state index contributed by atoms with van der Waals surface area (Å²) in [4.78, 5) is 16.7. The highest BCUT2D eigenvalue weighted by atomic mass is 19.3. The minimum atomic E-state index is -2.71. The molecule has 1 aromatic carbocycles. The van der Waals surface area contributed by atoms with Gasteiger partial charge in [0.2, 0.25) is 5.88 Å². The molecule has 3 aromatic heterocycles. The molecule has 4 aromatic rings. The van der Waals surface area contributed by atoms with E-state index in [0.717, 1.165) is 39.5 Å². The quantitative estimate of drug-likeness (QED) is 0.199. The van der Waals surface area contributed by atoms with E-state index in [9.17, 15) is 8.78 Å². The second-order valence-electron chi connectivity index (χ2n) is 10.3. The number of nitrogens with zero attached hydrogens (tertiary/aromatic N) is 6. The lowest BCUT2D eigenvalue weighted by Crippen LogP contribution is -2.25. The fourth-order valence-electron chi connectivity index (χ4n) is 5.13. The van der Waals surface area contributed by atoms with Crippen LogP contribution in [0.4, 0.5) is 14.5 Å². The van der Waals surface area contributed by atoms with E-state index in [1.165, 1.54) is 12.4 Å². The molecular weight excluding hydrogens is 526 g/mol. The maximum absolute atomic E-state index is 13.4. The van der Waals surface area contributed by atoms with Gasteiger partial charge in [-0.15, -0.1) is 0 Å². The van der Waals surface area contributed by atoms with Crippen LogP contribution in [0.2, 0.25) is 0 Å². The van der Waals surface area contributed by atoms with Crippen LogP contribution in [0.3, 0.4) is 0 Å². The van der Waals surface area contributed by atoms with E-state index < -0.39 is 6.55 Å². The van der Waals surface area contributed by atoms with Crippen molar-refractivity contribution in [3.63, 3.8) is 0 Å². The molecule has 0 bridgehead atoms. The van der Waals surface area contributed by atoms with Crippen LogP contribution >= 0.6 is 0 Å². The summed E-state index contributed by atoms with van der Waals surface area (Å²) in [6.45, 7) is 6.80. The molecule has 0 radical (unpaired) electrons. The smallest absolute Gasteiger partial charge is 0.333 e. The fraction of sp³-hybridized carbons (Fsp3) is 0.355. The molecule has 0 N–H and O–H groups in total. The van der Waals surface area contributed by atoms with Gasteiger partial charge in [-0.05, 0) is 55.7 Å². The molecule has 0 saturated carbocycles. The second-order valence-corrected chi connectivity index (χ2v) is 10.3. The number of hydrogen-bond donors (Lipinski definition) is 0. The number of aromatic nitrogens is 4. The van der Waals surface area contributed by atoms with Crippen molar-refractivity contribution in [3.8, 4) is 22.9 Å². The third-order valence-corrected chi connectivity index (χ3v) is 7.07. The molecule has 0 amide bonds. The van der Waals surface area contributed by atoms with Crippen molar-refractivity contribution in [3.05, 3.63) is 83.4 Å². The highest BCUT2D eigenvalue weighted by molar-refractivity contribution is 6.03. The molecule has 1 aliphatic heterocycles. The highest BCUT2D eigenvalue weighted by Crippen LogP contribution is 2.44. The lowest BCUT2D eigenvalue weighted by Gasteiger charge is -2.30. The van der Waals surface area contributed by atoms with E-state index >= 15 is 0 Å². The number of rotatable bonds is 11. The summed E-state index contributed by atoms with van der Waals surface area (Å²) >= 11 is 0. The second kappa shape index (κ2) is 12.0. The third kappa shape index (κ3) is 5.91. The van der Waals surface area contributed by atoms with Crippen LogP contribution in [0, 0.1) is 5.92 Å². The number of fused-ring (bicyclic) bond motifs is 1. The largest absolute Gasteiger partial charge is 0.497 e. The molecule has 0 fully saturated rings. The van der Waals surface area contributed by atoms with Gasteiger partial charge in [0.05, 0.1) is 48.6 Å². The first kappa shape index (κ1) is 28.2. The summed E-state index contributed by atoms with van der Waals surface area (Å²) in [5.74, 6) is 1.48. The third-order valence-electron chi connectivity index (χ3n) is 7.07. The molecular formula is C31H34F2N6O2. The van der Waals surface area contributed by atoms with Crippen LogP contribution in [0.25, 0.3) is 11.3 Å². The standard InChI is InChI=1S/C31H34F2N6O2/c1-6-41-30-24(8-7-13-34-30)25-14-26(27-28(19(2)3)36-20(4)29(27)37-25)38(16-21-9-11-23(40-5)12-10-21)17-22-15-35-39(18-22)31(32)33/h7-15,18-19,28,31H,6,16-17H2,1-5H3. The monoisotopic (exact) mass is 560 g/mol. The van der Waals surface area contributed by atoms with Crippen LogP contribution in [-0.4, -0.2) is 39.2 Å². The molecule has 0 saturated heterocycles. The molecule has 8 nitrogen and oxygen atoms in total. The van der Waals surface area contributed by atoms with Crippen molar-refractivity contribution in [2.75, 3.05) is 18.6 Å². The van der Waals surface area contributed by atoms with Gasteiger partial charge in [-0.3, -0.25) is 4.99 Å². The first-order valence-electron chi connectivity index (χ1n) is 13.7. The number of benzene rings is 1. The summed E-state index contributed by atoms with van der Waals surface area (Å²) in [7, 11) is 1.63. The Labute approximate surface area is 238 Å². The summed E-state index contributed by atoms with van der Waals surface area (Å²) in [5.41, 5.74) is 6.82. The van der Waals surface area contributed by atoms with Crippen LogP contribution in [0.5, 0.6) is 11.6 Å². The minimum absolute atomic E-state index is 0.0936. The molecule has 214 valence electrons. The zero-order valence-electron chi connectivity index (χ0n) is 23.9. The summed E-state index contributed by atoms with van der Waals surface area (Å²) in [6.07, 6.45) is 4.58. The molecule has 1 aliphatic rings.